The summed E-state index contributed by atoms with van der Waals surface area (Å²) < 4.78 is 22.4. The van der Waals surface area contributed by atoms with Gasteiger partial charge in [-0.15, -0.1) is 0 Å². The molecule has 1 heterocycles. The molecule has 0 aliphatic carbocycles. The van der Waals surface area contributed by atoms with Gasteiger partial charge in [-0.25, -0.2) is 8.42 Å². The van der Waals surface area contributed by atoms with E-state index >= 15 is 0 Å². The van der Waals surface area contributed by atoms with Gasteiger partial charge in [-0.3, -0.25) is 4.98 Å². The number of rotatable bonds is 8. The lowest BCUT2D eigenvalue weighted by molar-refractivity contribution is 0.601. The van der Waals surface area contributed by atoms with Crippen LogP contribution >= 0.6 is 0 Å². The molecule has 1 aromatic heterocycles. The van der Waals surface area contributed by atoms with Gasteiger partial charge in [0.15, 0.2) is 0 Å². The summed E-state index contributed by atoms with van der Waals surface area (Å²) in [6.07, 6.45) is 5.90. The van der Waals surface area contributed by atoms with Crippen molar-refractivity contribution < 1.29 is 8.42 Å². The molecule has 0 atom stereocenters. The molecule has 0 radical (unpaired) electrons. The van der Waals surface area contributed by atoms with E-state index in [1.165, 1.54) is 6.26 Å². The molecule has 108 valence electrons. The number of hydrogen-bond acceptors (Lipinski definition) is 5. The predicted molar refractivity (Wildman–Crippen MR) is 79.2 cm³/mol. The first-order chi connectivity index (χ1) is 8.94. The van der Waals surface area contributed by atoms with Gasteiger partial charge in [-0.2, -0.15) is 0 Å². The van der Waals surface area contributed by atoms with Gasteiger partial charge in [0.25, 0.3) is 0 Å². The number of pyridine rings is 1. The van der Waals surface area contributed by atoms with Gasteiger partial charge in [-0.1, -0.05) is 6.92 Å². The average molecular weight is 285 g/mol. The van der Waals surface area contributed by atoms with Crippen molar-refractivity contribution in [1.29, 1.82) is 0 Å². The van der Waals surface area contributed by atoms with Crippen LogP contribution in [0.15, 0.2) is 18.5 Å². The smallest absolute Gasteiger partial charge is 0.149 e. The lowest BCUT2D eigenvalue weighted by atomic mass is 10.2. The Labute approximate surface area is 116 Å². The van der Waals surface area contributed by atoms with Crippen molar-refractivity contribution in [1.82, 2.24) is 10.3 Å². The van der Waals surface area contributed by atoms with E-state index in [2.05, 4.69) is 17.2 Å². The molecule has 0 bridgehead atoms. The number of hydrogen-bond donors (Lipinski definition) is 1. The largest absolute Gasteiger partial charge is 0.373 e. The summed E-state index contributed by atoms with van der Waals surface area (Å²) in [4.78, 5) is 6.09. The van der Waals surface area contributed by atoms with E-state index in [1.54, 1.807) is 6.20 Å². The second-order valence-electron chi connectivity index (χ2n) is 4.73. The molecule has 5 nitrogen and oxygen atoms in total. The summed E-state index contributed by atoms with van der Waals surface area (Å²) in [7, 11) is -1.03. The lowest BCUT2D eigenvalue weighted by Gasteiger charge is -2.22. The Hall–Kier alpha value is -1.14. The van der Waals surface area contributed by atoms with E-state index in [9.17, 15) is 8.42 Å². The minimum atomic E-state index is -2.93. The summed E-state index contributed by atoms with van der Waals surface area (Å²) in [5.41, 5.74) is 2.12. The molecule has 0 unspecified atom stereocenters. The molecule has 0 saturated heterocycles. The fourth-order valence-electron chi connectivity index (χ4n) is 1.75. The van der Waals surface area contributed by atoms with Crippen LogP contribution < -0.4 is 10.2 Å². The fraction of sp³-hybridized carbons (Fsp3) is 0.615. The zero-order valence-electron chi connectivity index (χ0n) is 11.9. The third-order valence-corrected chi connectivity index (χ3v) is 3.75. The standard InChI is InChI=1S/C13H23N3O2S/c1-4-6-14-10-12-11-15-7-5-13(12)16(2)8-9-19(3,17)18/h5,7,11,14H,4,6,8-10H2,1-3H3. The van der Waals surface area contributed by atoms with Gasteiger partial charge in [0.2, 0.25) is 0 Å². The van der Waals surface area contributed by atoms with E-state index in [0.29, 0.717) is 6.54 Å². The van der Waals surface area contributed by atoms with Crippen LogP contribution in [0.1, 0.15) is 18.9 Å². The first kappa shape index (κ1) is 15.9. The molecule has 19 heavy (non-hydrogen) atoms. The summed E-state index contributed by atoms with van der Waals surface area (Å²) in [6.45, 7) is 4.32. The highest BCUT2D eigenvalue weighted by molar-refractivity contribution is 7.90. The quantitative estimate of drug-likeness (QED) is 0.724. The highest BCUT2D eigenvalue weighted by Gasteiger charge is 2.10. The van der Waals surface area contributed by atoms with E-state index in [0.717, 1.165) is 30.8 Å². The monoisotopic (exact) mass is 285 g/mol. The molecule has 0 aliphatic rings. The van der Waals surface area contributed by atoms with E-state index in [1.807, 2.05) is 24.2 Å². The van der Waals surface area contributed by atoms with E-state index in [-0.39, 0.29) is 5.75 Å². The van der Waals surface area contributed by atoms with Gasteiger partial charge in [0.05, 0.1) is 5.75 Å². The topological polar surface area (TPSA) is 62.3 Å². The molecule has 0 aromatic carbocycles. The Morgan fingerprint density at radius 2 is 2.16 bits per heavy atom. The SMILES string of the molecule is CCCNCc1cnccc1N(C)CCS(C)(=O)=O. The molecular formula is C13H23N3O2S. The molecule has 6 heteroatoms. The second kappa shape index (κ2) is 7.45. The summed E-state index contributed by atoms with van der Waals surface area (Å²) in [5.74, 6) is 0.160. The molecular weight excluding hydrogens is 262 g/mol. The Morgan fingerprint density at radius 1 is 1.42 bits per heavy atom. The Morgan fingerprint density at radius 3 is 2.79 bits per heavy atom. The van der Waals surface area contributed by atoms with Crippen molar-refractivity contribution in [2.75, 3.05) is 37.0 Å². The third-order valence-electron chi connectivity index (χ3n) is 2.83. The summed E-state index contributed by atoms with van der Waals surface area (Å²) in [6, 6.07) is 1.92. The van der Waals surface area contributed by atoms with Crippen molar-refractivity contribution in [3.8, 4) is 0 Å². The highest BCUT2D eigenvalue weighted by Crippen LogP contribution is 2.17. The predicted octanol–water partition coefficient (Wildman–Crippen LogP) is 1.06. The first-order valence-corrected chi connectivity index (χ1v) is 8.52. The van der Waals surface area contributed by atoms with Crippen molar-refractivity contribution in [2.24, 2.45) is 0 Å². The van der Waals surface area contributed by atoms with Gasteiger partial charge < -0.3 is 10.2 Å². The molecule has 1 rings (SSSR count). The molecule has 1 N–H and O–H groups in total. The van der Waals surface area contributed by atoms with Crippen LogP contribution in [0, 0.1) is 0 Å². The van der Waals surface area contributed by atoms with Crippen LogP contribution in [0.4, 0.5) is 5.69 Å². The van der Waals surface area contributed by atoms with Crippen molar-refractivity contribution in [2.45, 2.75) is 19.9 Å². The maximum atomic E-state index is 11.2. The number of anilines is 1. The molecule has 0 fully saturated rings. The van der Waals surface area contributed by atoms with Crippen LogP contribution in [0.25, 0.3) is 0 Å². The van der Waals surface area contributed by atoms with Gasteiger partial charge in [0, 0.05) is 50.0 Å². The fourth-order valence-corrected chi connectivity index (χ4v) is 2.36. The van der Waals surface area contributed by atoms with Crippen LogP contribution in [0.3, 0.4) is 0 Å². The molecule has 0 saturated carbocycles. The highest BCUT2D eigenvalue weighted by atomic mass is 32.2. The van der Waals surface area contributed by atoms with Crippen molar-refractivity contribution in [3.63, 3.8) is 0 Å². The number of nitrogens with one attached hydrogen (secondary N) is 1. The van der Waals surface area contributed by atoms with Crippen molar-refractivity contribution >= 4 is 15.5 Å². The van der Waals surface area contributed by atoms with Crippen LogP contribution in [0.5, 0.6) is 0 Å². The molecule has 0 amide bonds. The number of sulfone groups is 1. The minimum absolute atomic E-state index is 0.160. The van der Waals surface area contributed by atoms with Crippen molar-refractivity contribution in [3.05, 3.63) is 24.0 Å². The van der Waals surface area contributed by atoms with Gasteiger partial charge in [0.1, 0.15) is 9.84 Å². The Bertz CT molecular complexity index is 488. The summed E-state index contributed by atoms with van der Waals surface area (Å²) in [5, 5.41) is 3.33. The third kappa shape index (κ3) is 6.02. The van der Waals surface area contributed by atoms with E-state index < -0.39 is 9.84 Å². The zero-order chi connectivity index (χ0) is 14.3. The average Bonchev–Trinajstić information content (AvgIpc) is 2.36. The molecule has 0 aliphatic heterocycles. The normalized spacial score (nSPS) is 11.5. The Kier molecular flexibility index (Phi) is 6.24. The van der Waals surface area contributed by atoms with E-state index in [4.69, 9.17) is 0 Å². The van der Waals surface area contributed by atoms with Crippen LogP contribution in [0.2, 0.25) is 0 Å². The lowest BCUT2D eigenvalue weighted by Crippen LogP contribution is -2.26. The minimum Gasteiger partial charge on any atom is -0.373 e. The second-order valence-corrected chi connectivity index (χ2v) is 6.99. The van der Waals surface area contributed by atoms with Crippen LogP contribution in [-0.2, 0) is 16.4 Å². The number of nitrogens with zero attached hydrogens (tertiary/aromatic N) is 2. The number of aromatic nitrogens is 1. The van der Waals surface area contributed by atoms with Gasteiger partial charge >= 0.3 is 0 Å². The Balaban J connectivity index is 2.70. The first-order valence-electron chi connectivity index (χ1n) is 6.46. The maximum absolute atomic E-state index is 11.2. The molecule has 1 aromatic rings. The zero-order valence-corrected chi connectivity index (χ0v) is 12.7. The maximum Gasteiger partial charge on any atom is 0.149 e. The summed E-state index contributed by atoms with van der Waals surface area (Å²) >= 11 is 0. The molecule has 0 spiro atoms. The van der Waals surface area contributed by atoms with Gasteiger partial charge in [-0.05, 0) is 19.0 Å². The van der Waals surface area contributed by atoms with Crippen LogP contribution in [-0.4, -0.2) is 45.5 Å².